The smallest absolute Gasteiger partial charge is 0.265 e. The average Bonchev–Trinajstić information content (AvgIpc) is 3.32. The van der Waals surface area contributed by atoms with Crippen molar-refractivity contribution < 1.29 is 13.2 Å². The number of sulfonamides is 1. The Hall–Kier alpha value is -3.06. The van der Waals surface area contributed by atoms with Gasteiger partial charge in [0.2, 0.25) is 5.91 Å². The zero-order valence-corrected chi connectivity index (χ0v) is 16.7. The van der Waals surface area contributed by atoms with Crippen LogP contribution in [-0.4, -0.2) is 34.0 Å². The summed E-state index contributed by atoms with van der Waals surface area (Å²) >= 11 is 0. The molecule has 1 saturated heterocycles. The molecule has 0 aromatic heterocycles. The van der Waals surface area contributed by atoms with Crippen LogP contribution in [-0.2, 0) is 14.8 Å². The van der Waals surface area contributed by atoms with E-state index in [2.05, 4.69) is 10.2 Å². The molecule has 0 bridgehead atoms. The standard InChI is InChI=1S/C22H21N3O3S/c26-21(23-17-9-1-2-10-18(17)24-13-3-4-14-24)15-25-19-11-5-7-16-8-6-12-20(22(16)19)29(25,27)28/h1-2,5-12H,3-4,13-15H2,(H,23,26). The number of hydrogen-bond acceptors (Lipinski definition) is 4. The summed E-state index contributed by atoms with van der Waals surface area (Å²) in [6.07, 6.45) is 2.27. The predicted molar refractivity (Wildman–Crippen MR) is 115 cm³/mol. The zero-order chi connectivity index (χ0) is 20.0. The molecule has 6 nitrogen and oxygen atoms in total. The number of carbonyl (C=O) groups is 1. The monoisotopic (exact) mass is 407 g/mol. The summed E-state index contributed by atoms with van der Waals surface area (Å²) in [7, 11) is -3.75. The van der Waals surface area contributed by atoms with Crippen LogP contribution < -0.4 is 14.5 Å². The number of anilines is 3. The minimum absolute atomic E-state index is 0.259. The molecule has 0 spiro atoms. The fourth-order valence-electron chi connectivity index (χ4n) is 4.26. The van der Waals surface area contributed by atoms with Crippen LogP contribution >= 0.6 is 0 Å². The number of hydrogen-bond donors (Lipinski definition) is 1. The first-order chi connectivity index (χ1) is 14.1. The van der Waals surface area contributed by atoms with Crippen LogP contribution in [0.3, 0.4) is 0 Å². The van der Waals surface area contributed by atoms with Crippen LogP contribution in [0.5, 0.6) is 0 Å². The fraction of sp³-hybridized carbons (Fsp3) is 0.227. The van der Waals surface area contributed by atoms with Gasteiger partial charge in [0.15, 0.2) is 0 Å². The molecule has 2 heterocycles. The number of nitrogens with zero attached hydrogens (tertiary/aromatic N) is 2. The van der Waals surface area contributed by atoms with Crippen LogP contribution in [0, 0.1) is 0 Å². The Morgan fingerprint density at radius 2 is 1.59 bits per heavy atom. The molecule has 2 aliphatic heterocycles. The Morgan fingerprint density at radius 3 is 2.38 bits per heavy atom. The van der Waals surface area contributed by atoms with Crippen molar-refractivity contribution in [1.82, 2.24) is 0 Å². The lowest BCUT2D eigenvalue weighted by atomic mass is 10.1. The first-order valence-electron chi connectivity index (χ1n) is 9.74. The average molecular weight is 407 g/mol. The van der Waals surface area contributed by atoms with Gasteiger partial charge in [-0.15, -0.1) is 0 Å². The minimum atomic E-state index is -3.75. The molecule has 5 rings (SSSR count). The molecule has 29 heavy (non-hydrogen) atoms. The van der Waals surface area contributed by atoms with Gasteiger partial charge in [-0.25, -0.2) is 8.42 Å². The lowest BCUT2D eigenvalue weighted by molar-refractivity contribution is -0.114. The number of nitrogens with one attached hydrogen (secondary N) is 1. The molecule has 7 heteroatoms. The van der Waals surface area contributed by atoms with Gasteiger partial charge in [-0.3, -0.25) is 9.10 Å². The summed E-state index contributed by atoms with van der Waals surface area (Å²) in [5.41, 5.74) is 2.25. The fourth-order valence-corrected chi connectivity index (χ4v) is 5.93. The van der Waals surface area contributed by atoms with Crippen molar-refractivity contribution in [2.45, 2.75) is 17.7 Å². The van der Waals surface area contributed by atoms with E-state index in [9.17, 15) is 13.2 Å². The molecule has 1 fully saturated rings. The Morgan fingerprint density at radius 1 is 0.897 bits per heavy atom. The highest BCUT2D eigenvalue weighted by molar-refractivity contribution is 7.93. The van der Waals surface area contributed by atoms with E-state index < -0.39 is 10.0 Å². The number of amides is 1. The second-order valence-electron chi connectivity index (χ2n) is 7.40. The second kappa shape index (κ2) is 6.77. The Balaban J connectivity index is 1.44. The van der Waals surface area contributed by atoms with Gasteiger partial charge in [-0.1, -0.05) is 36.4 Å². The number of carbonyl (C=O) groups excluding carboxylic acids is 1. The van der Waals surface area contributed by atoms with Crippen molar-refractivity contribution in [1.29, 1.82) is 0 Å². The van der Waals surface area contributed by atoms with E-state index in [1.807, 2.05) is 42.5 Å². The molecule has 3 aromatic rings. The van der Waals surface area contributed by atoms with Gasteiger partial charge in [0, 0.05) is 18.5 Å². The lowest BCUT2D eigenvalue weighted by Crippen LogP contribution is -2.35. The minimum Gasteiger partial charge on any atom is -0.370 e. The highest BCUT2D eigenvalue weighted by Crippen LogP contribution is 2.41. The third-order valence-electron chi connectivity index (χ3n) is 5.59. The van der Waals surface area contributed by atoms with Gasteiger partial charge in [0.25, 0.3) is 10.0 Å². The van der Waals surface area contributed by atoms with E-state index in [1.165, 1.54) is 4.31 Å². The highest BCUT2D eigenvalue weighted by atomic mass is 32.2. The lowest BCUT2D eigenvalue weighted by Gasteiger charge is -2.23. The third kappa shape index (κ3) is 2.93. The Labute approximate surface area is 169 Å². The maximum absolute atomic E-state index is 13.1. The van der Waals surface area contributed by atoms with Crippen molar-refractivity contribution in [3.8, 4) is 0 Å². The van der Waals surface area contributed by atoms with Gasteiger partial charge in [-0.05, 0) is 42.5 Å². The van der Waals surface area contributed by atoms with E-state index in [4.69, 9.17) is 0 Å². The molecular weight excluding hydrogens is 386 g/mol. The van der Waals surface area contributed by atoms with Crippen molar-refractivity contribution in [3.63, 3.8) is 0 Å². The maximum Gasteiger partial charge on any atom is 0.265 e. The van der Waals surface area contributed by atoms with Crippen molar-refractivity contribution >= 4 is 43.8 Å². The van der Waals surface area contributed by atoms with Gasteiger partial charge in [-0.2, -0.15) is 0 Å². The highest BCUT2D eigenvalue weighted by Gasteiger charge is 2.36. The van der Waals surface area contributed by atoms with Gasteiger partial charge < -0.3 is 10.2 Å². The van der Waals surface area contributed by atoms with Crippen molar-refractivity contribution in [3.05, 3.63) is 60.7 Å². The second-order valence-corrected chi connectivity index (χ2v) is 9.23. The molecule has 0 atom stereocenters. The molecule has 148 valence electrons. The third-order valence-corrected chi connectivity index (χ3v) is 7.40. The van der Waals surface area contributed by atoms with Crippen LogP contribution in [0.4, 0.5) is 17.1 Å². The predicted octanol–water partition coefficient (Wildman–Crippen LogP) is 3.59. The molecule has 3 aromatic carbocycles. The SMILES string of the molecule is O=C(CN1c2cccc3cccc(c23)S1(=O)=O)Nc1ccccc1N1CCCC1. The van der Waals surface area contributed by atoms with E-state index in [0.29, 0.717) is 16.8 Å². The van der Waals surface area contributed by atoms with Crippen LogP contribution in [0.1, 0.15) is 12.8 Å². The van der Waals surface area contributed by atoms with Gasteiger partial charge in [0.05, 0.1) is 22.0 Å². The van der Waals surface area contributed by atoms with Crippen molar-refractivity contribution in [2.24, 2.45) is 0 Å². The van der Waals surface area contributed by atoms with E-state index in [1.54, 1.807) is 18.2 Å². The summed E-state index contributed by atoms with van der Waals surface area (Å²) in [6.45, 7) is 1.67. The molecule has 0 aliphatic carbocycles. The maximum atomic E-state index is 13.1. The number of benzene rings is 3. The summed E-state index contributed by atoms with van der Waals surface area (Å²) < 4.78 is 27.3. The normalized spacial score (nSPS) is 17.1. The summed E-state index contributed by atoms with van der Waals surface area (Å²) in [5.74, 6) is -0.356. The molecular formula is C22H21N3O3S. The zero-order valence-electron chi connectivity index (χ0n) is 15.8. The summed E-state index contributed by atoms with van der Waals surface area (Å²) in [6, 6.07) is 18.3. The molecule has 0 saturated carbocycles. The number of rotatable bonds is 4. The van der Waals surface area contributed by atoms with Crippen LogP contribution in [0.2, 0.25) is 0 Å². The van der Waals surface area contributed by atoms with E-state index >= 15 is 0 Å². The Kier molecular flexibility index (Phi) is 4.20. The molecule has 2 aliphatic rings. The topological polar surface area (TPSA) is 69.7 Å². The first-order valence-corrected chi connectivity index (χ1v) is 11.2. The first kappa shape index (κ1) is 18.0. The largest absolute Gasteiger partial charge is 0.370 e. The Bertz CT molecular complexity index is 1210. The van der Waals surface area contributed by atoms with E-state index in [-0.39, 0.29) is 17.3 Å². The number of para-hydroxylation sites is 2. The summed E-state index contributed by atoms with van der Waals surface area (Å²) in [5, 5.41) is 4.46. The summed E-state index contributed by atoms with van der Waals surface area (Å²) in [4.78, 5) is 15.4. The van der Waals surface area contributed by atoms with Crippen LogP contribution in [0.15, 0.2) is 65.6 Å². The quantitative estimate of drug-likeness (QED) is 0.718. The van der Waals surface area contributed by atoms with E-state index in [0.717, 1.165) is 37.0 Å². The molecule has 1 amide bonds. The molecule has 1 N–H and O–H groups in total. The molecule has 0 unspecified atom stereocenters. The van der Waals surface area contributed by atoms with Crippen molar-refractivity contribution in [2.75, 3.05) is 34.2 Å². The van der Waals surface area contributed by atoms with Gasteiger partial charge in [0.1, 0.15) is 6.54 Å². The van der Waals surface area contributed by atoms with Crippen LogP contribution in [0.25, 0.3) is 10.8 Å². The van der Waals surface area contributed by atoms with Gasteiger partial charge >= 0.3 is 0 Å². The molecule has 0 radical (unpaired) electrons.